The minimum Gasteiger partial charge on any atom is -0.374 e. The molecule has 1 aromatic rings. The molecule has 0 radical (unpaired) electrons. The molecule has 1 aliphatic carbocycles. The largest absolute Gasteiger partial charge is 0.374 e. The molecular weight excluding hydrogens is 320 g/mol. The van der Waals surface area contributed by atoms with Gasteiger partial charge in [0.2, 0.25) is 11.8 Å². The highest BCUT2D eigenvalue weighted by Crippen LogP contribution is 2.32. The number of nitrogens with one attached hydrogen (secondary N) is 1. The van der Waals surface area contributed by atoms with Crippen LogP contribution in [0.15, 0.2) is 30.3 Å². The number of morpholine rings is 1. The molecule has 1 N–H and O–H groups in total. The molecule has 1 aromatic carbocycles. The summed E-state index contributed by atoms with van der Waals surface area (Å²) in [6.45, 7) is 1.60. The van der Waals surface area contributed by atoms with Gasteiger partial charge in [0.05, 0.1) is 25.4 Å². The van der Waals surface area contributed by atoms with Crippen molar-refractivity contribution in [2.45, 2.75) is 38.0 Å². The standard InChI is InChI=1S/C19H26N2O4/c1-20-19(23)15-7-8-17-16(11-15)21(9-10-25-17)18(22)13-24-12-14-5-3-2-4-6-14/h2-6,15-17H,7-13H2,1H3,(H,20,23)/t15-,16+,17+/m0/s1. The molecule has 0 spiro atoms. The Labute approximate surface area is 148 Å². The van der Waals surface area contributed by atoms with Gasteiger partial charge in [-0.05, 0) is 24.8 Å². The number of hydrogen-bond donors (Lipinski definition) is 1. The van der Waals surface area contributed by atoms with Gasteiger partial charge in [-0.25, -0.2) is 0 Å². The number of fused-ring (bicyclic) bond motifs is 1. The van der Waals surface area contributed by atoms with Crippen LogP contribution in [0, 0.1) is 5.92 Å². The van der Waals surface area contributed by atoms with Gasteiger partial charge in [-0.15, -0.1) is 0 Å². The van der Waals surface area contributed by atoms with Gasteiger partial charge in [0.25, 0.3) is 0 Å². The number of rotatable bonds is 5. The molecule has 1 saturated heterocycles. The number of nitrogens with zero attached hydrogens (tertiary/aromatic N) is 1. The normalized spacial score (nSPS) is 26.0. The summed E-state index contributed by atoms with van der Waals surface area (Å²) in [5.74, 6) is -0.0166. The summed E-state index contributed by atoms with van der Waals surface area (Å²) in [5.41, 5.74) is 1.05. The molecule has 136 valence electrons. The molecule has 3 atom stereocenters. The predicted octanol–water partition coefficient (Wildman–Crippen LogP) is 1.35. The van der Waals surface area contributed by atoms with Crippen LogP contribution >= 0.6 is 0 Å². The van der Waals surface area contributed by atoms with Crippen LogP contribution in [0.4, 0.5) is 0 Å². The Kier molecular flexibility index (Phi) is 6.04. The van der Waals surface area contributed by atoms with Crippen molar-refractivity contribution in [2.24, 2.45) is 5.92 Å². The van der Waals surface area contributed by atoms with E-state index in [0.29, 0.717) is 26.2 Å². The fraction of sp³-hybridized carbons (Fsp3) is 0.579. The third-order valence-electron chi connectivity index (χ3n) is 5.09. The summed E-state index contributed by atoms with van der Waals surface area (Å²) in [6.07, 6.45) is 2.33. The van der Waals surface area contributed by atoms with Crippen molar-refractivity contribution in [3.8, 4) is 0 Å². The van der Waals surface area contributed by atoms with Gasteiger partial charge in [-0.2, -0.15) is 0 Å². The van der Waals surface area contributed by atoms with Crippen molar-refractivity contribution in [3.63, 3.8) is 0 Å². The number of amides is 2. The minimum absolute atomic E-state index is 0.0215. The Balaban J connectivity index is 1.55. The van der Waals surface area contributed by atoms with Crippen molar-refractivity contribution in [1.29, 1.82) is 0 Å². The molecule has 2 aliphatic rings. The van der Waals surface area contributed by atoms with Crippen LogP contribution in [-0.4, -0.2) is 55.7 Å². The lowest BCUT2D eigenvalue weighted by molar-refractivity contribution is -0.158. The van der Waals surface area contributed by atoms with Gasteiger partial charge in [-0.3, -0.25) is 9.59 Å². The van der Waals surface area contributed by atoms with Gasteiger partial charge in [-0.1, -0.05) is 30.3 Å². The number of carbonyl (C=O) groups excluding carboxylic acids is 2. The van der Waals surface area contributed by atoms with Crippen molar-refractivity contribution in [1.82, 2.24) is 10.2 Å². The number of hydrogen-bond acceptors (Lipinski definition) is 4. The molecule has 1 saturated carbocycles. The third-order valence-corrected chi connectivity index (χ3v) is 5.09. The summed E-state index contributed by atoms with van der Waals surface area (Å²) >= 11 is 0. The molecule has 1 aliphatic heterocycles. The van der Waals surface area contributed by atoms with E-state index in [1.54, 1.807) is 7.05 Å². The smallest absolute Gasteiger partial charge is 0.249 e. The van der Waals surface area contributed by atoms with Gasteiger partial charge in [0.15, 0.2) is 0 Å². The van der Waals surface area contributed by atoms with E-state index >= 15 is 0 Å². The number of ether oxygens (including phenoxy) is 2. The van der Waals surface area contributed by atoms with E-state index in [1.807, 2.05) is 35.2 Å². The SMILES string of the molecule is CNC(=O)[C@H]1CC[C@H]2OCCN(C(=O)COCc3ccccc3)[C@@H]2C1. The average molecular weight is 346 g/mol. The first-order chi connectivity index (χ1) is 12.2. The van der Waals surface area contributed by atoms with Crippen LogP contribution in [0.3, 0.4) is 0 Å². The van der Waals surface area contributed by atoms with E-state index in [-0.39, 0.29) is 36.5 Å². The van der Waals surface area contributed by atoms with Crippen LogP contribution in [0.2, 0.25) is 0 Å². The molecule has 25 heavy (non-hydrogen) atoms. The Morgan fingerprint density at radius 3 is 2.84 bits per heavy atom. The Morgan fingerprint density at radius 1 is 1.28 bits per heavy atom. The van der Waals surface area contributed by atoms with Gasteiger partial charge in [0.1, 0.15) is 6.61 Å². The van der Waals surface area contributed by atoms with Crippen LogP contribution in [0.1, 0.15) is 24.8 Å². The van der Waals surface area contributed by atoms with E-state index in [2.05, 4.69) is 5.32 Å². The molecule has 6 heteroatoms. The zero-order valence-electron chi connectivity index (χ0n) is 14.6. The van der Waals surface area contributed by atoms with Crippen LogP contribution in [0.25, 0.3) is 0 Å². The molecule has 3 rings (SSSR count). The molecule has 6 nitrogen and oxygen atoms in total. The lowest BCUT2D eigenvalue weighted by Crippen LogP contribution is -2.57. The summed E-state index contributed by atoms with van der Waals surface area (Å²) in [5, 5.41) is 2.72. The fourth-order valence-electron chi connectivity index (χ4n) is 3.77. The zero-order valence-corrected chi connectivity index (χ0v) is 14.6. The predicted molar refractivity (Wildman–Crippen MR) is 92.7 cm³/mol. The van der Waals surface area contributed by atoms with Gasteiger partial charge < -0.3 is 19.7 Å². The lowest BCUT2D eigenvalue weighted by atomic mass is 9.81. The second-order valence-corrected chi connectivity index (χ2v) is 6.67. The Bertz CT molecular complexity index is 592. The topological polar surface area (TPSA) is 67.9 Å². The van der Waals surface area contributed by atoms with E-state index in [1.165, 1.54) is 0 Å². The van der Waals surface area contributed by atoms with Crippen LogP contribution in [-0.2, 0) is 25.7 Å². The highest BCUT2D eigenvalue weighted by Gasteiger charge is 2.41. The fourth-order valence-corrected chi connectivity index (χ4v) is 3.77. The Morgan fingerprint density at radius 2 is 2.08 bits per heavy atom. The first-order valence-electron chi connectivity index (χ1n) is 8.93. The van der Waals surface area contributed by atoms with E-state index < -0.39 is 0 Å². The second-order valence-electron chi connectivity index (χ2n) is 6.67. The molecule has 2 amide bonds. The molecule has 1 heterocycles. The van der Waals surface area contributed by atoms with Crippen molar-refractivity contribution < 1.29 is 19.1 Å². The maximum absolute atomic E-state index is 12.6. The maximum Gasteiger partial charge on any atom is 0.249 e. The monoisotopic (exact) mass is 346 g/mol. The average Bonchev–Trinajstić information content (AvgIpc) is 2.67. The molecule has 0 aromatic heterocycles. The van der Waals surface area contributed by atoms with Crippen molar-refractivity contribution in [2.75, 3.05) is 26.8 Å². The first-order valence-corrected chi connectivity index (χ1v) is 8.93. The van der Waals surface area contributed by atoms with E-state index in [0.717, 1.165) is 18.4 Å². The highest BCUT2D eigenvalue weighted by molar-refractivity contribution is 5.80. The Hall–Kier alpha value is -1.92. The van der Waals surface area contributed by atoms with Gasteiger partial charge >= 0.3 is 0 Å². The molecule has 0 bridgehead atoms. The maximum atomic E-state index is 12.6. The number of carbonyl (C=O) groups is 2. The first kappa shape index (κ1) is 17.9. The lowest BCUT2D eigenvalue weighted by Gasteiger charge is -2.45. The summed E-state index contributed by atoms with van der Waals surface area (Å²) in [7, 11) is 1.66. The van der Waals surface area contributed by atoms with E-state index in [4.69, 9.17) is 9.47 Å². The van der Waals surface area contributed by atoms with Crippen molar-refractivity contribution in [3.05, 3.63) is 35.9 Å². The second kappa shape index (κ2) is 8.45. The quantitative estimate of drug-likeness (QED) is 0.874. The molecule has 0 unspecified atom stereocenters. The van der Waals surface area contributed by atoms with Crippen LogP contribution < -0.4 is 5.32 Å². The summed E-state index contributed by atoms with van der Waals surface area (Å²) in [6, 6.07) is 9.78. The molecular formula is C19H26N2O4. The third kappa shape index (κ3) is 4.38. The van der Waals surface area contributed by atoms with Crippen LogP contribution in [0.5, 0.6) is 0 Å². The van der Waals surface area contributed by atoms with Gasteiger partial charge in [0, 0.05) is 19.5 Å². The molecule has 2 fully saturated rings. The minimum atomic E-state index is -0.0477. The highest BCUT2D eigenvalue weighted by atomic mass is 16.5. The zero-order chi connectivity index (χ0) is 17.6. The summed E-state index contributed by atoms with van der Waals surface area (Å²) in [4.78, 5) is 26.5. The summed E-state index contributed by atoms with van der Waals surface area (Å²) < 4.78 is 11.4. The van der Waals surface area contributed by atoms with E-state index in [9.17, 15) is 9.59 Å². The van der Waals surface area contributed by atoms with Crippen molar-refractivity contribution >= 4 is 11.8 Å². The number of benzene rings is 1.